The average molecular weight is 316 g/mol. The summed E-state index contributed by atoms with van der Waals surface area (Å²) in [5, 5.41) is 0. The molecule has 1 aliphatic rings. The molecule has 23 heavy (non-hydrogen) atoms. The van der Waals surface area contributed by atoms with E-state index in [4.69, 9.17) is 9.47 Å². The molecule has 0 saturated carbocycles. The standard InChI is InChI=1S/C21H32O2/c1-4-18(14-15-19-10-7-6-8-11-19)12-9-13-20(5-2)21(3)22-16-17-23-21/h6-12,18,20H,4-5,13-17H2,1-3H3/b12-9-/t18-,20+/m0/s1. The molecule has 128 valence electrons. The molecule has 1 saturated heterocycles. The first-order chi connectivity index (χ1) is 11.2. The monoisotopic (exact) mass is 316 g/mol. The molecule has 0 aromatic heterocycles. The van der Waals surface area contributed by atoms with Crippen molar-refractivity contribution in [3.05, 3.63) is 48.0 Å². The first-order valence-corrected chi connectivity index (χ1v) is 9.16. The van der Waals surface area contributed by atoms with Gasteiger partial charge in [0.2, 0.25) is 0 Å². The highest BCUT2D eigenvalue weighted by Crippen LogP contribution is 2.32. The van der Waals surface area contributed by atoms with Crippen molar-refractivity contribution in [1.82, 2.24) is 0 Å². The van der Waals surface area contributed by atoms with Gasteiger partial charge in [-0.15, -0.1) is 0 Å². The molecule has 0 radical (unpaired) electrons. The molecule has 0 N–H and O–H groups in total. The minimum atomic E-state index is -0.384. The Morgan fingerprint density at radius 1 is 1.09 bits per heavy atom. The second-order valence-corrected chi connectivity index (χ2v) is 6.67. The minimum Gasteiger partial charge on any atom is -0.348 e. The van der Waals surface area contributed by atoms with E-state index in [2.05, 4.69) is 63.3 Å². The molecule has 2 rings (SSSR count). The van der Waals surface area contributed by atoms with Crippen LogP contribution < -0.4 is 0 Å². The first-order valence-electron chi connectivity index (χ1n) is 9.16. The maximum atomic E-state index is 5.83. The molecule has 2 atom stereocenters. The number of hydrogen-bond acceptors (Lipinski definition) is 2. The fourth-order valence-corrected chi connectivity index (χ4v) is 3.39. The van der Waals surface area contributed by atoms with Gasteiger partial charge in [0.15, 0.2) is 5.79 Å². The minimum absolute atomic E-state index is 0.384. The van der Waals surface area contributed by atoms with Crippen LogP contribution in [0.5, 0.6) is 0 Å². The molecule has 0 amide bonds. The summed E-state index contributed by atoms with van der Waals surface area (Å²) in [7, 11) is 0. The number of benzene rings is 1. The molecule has 0 unspecified atom stereocenters. The smallest absolute Gasteiger partial charge is 0.168 e. The van der Waals surface area contributed by atoms with Gasteiger partial charge in [0, 0.05) is 5.92 Å². The van der Waals surface area contributed by atoms with E-state index in [9.17, 15) is 0 Å². The summed E-state index contributed by atoms with van der Waals surface area (Å²) in [6.07, 6.45) is 10.5. The molecule has 1 aliphatic heterocycles. The quantitative estimate of drug-likeness (QED) is 0.569. The zero-order chi connectivity index (χ0) is 16.5. The van der Waals surface area contributed by atoms with Crippen LogP contribution in [-0.4, -0.2) is 19.0 Å². The Morgan fingerprint density at radius 2 is 1.78 bits per heavy atom. The predicted molar refractivity (Wildman–Crippen MR) is 96.4 cm³/mol. The molecule has 0 aliphatic carbocycles. The van der Waals surface area contributed by atoms with Gasteiger partial charge in [0.1, 0.15) is 0 Å². The van der Waals surface area contributed by atoms with Gasteiger partial charge in [-0.1, -0.05) is 56.3 Å². The van der Waals surface area contributed by atoms with E-state index < -0.39 is 0 Å². The van der Waals surface area contributed by atoms with Crippen molar-refractivity contribution >= 4 is 0 Å². The number of hydrogen-bond donors (Lipinski definition) is 0. The topological polar surface area (TPSA) is 18.5 Å². The summed E-state index contributed by atoms with van der Waals surface area (Å²) in [5.74, 6) is 0.712. The van der Waals surface area contributed by atoms with E-state index in [1.165, 1.54) is 18.4 Å². The highest BCUT2D eigenvalue weighted by atomic mass is 16.7. The maximum absolute atomic E-state index is 5.83. The molecule has 2 heteroatoms. The van der Waals surface area contributed by atoms with Crippen LogP contribution in [0, 0.1) is 11.8 Å². The van der Waals surface area contributed by atoms with Gasteiger partial charge in [-0.2, -0.15) is 0 Å². The number of rotatable bonds is 9. The molecule has 1 aromatic rings. The maximum Gasteiger partial charge on any atom is 0.168 e. The second kappa shape index (κ2) is 9.24. The fraction of sp³-hybridized carbons (Fsp3) is 0.619. The summed E-state index contributed by atoms with van der Waals surface area (Å²) in [5.41, 5.74) is 1.44. The largest absolute Gasteiger partial charge is 0.348 e. The Morgan fingerprint density at radius 3 is 2.39 bits per heavy atom. The number of ether oxygens (including phenoxy) is 2. The Labute approximate surface area is 141 Å². The SMILES string of the molecule is CC[C@@H](/C=C\C[C@@H](CC)C1(C)OCCO1)CCc1ccccc1. The second-order valence-electron chi connectivity index (χ2n) is 6.67. The predicted octanol–water partition coefficient (Wildman–Crippen LogP) is 5.38. The zero-order valence-electron chi connectivity index (χ0n) is 15.0. The molecule has 0 spiro atoms. The van der Waals surface area contributed by atoms with Crippen LogP contribution in [-0.2, 0) is 15.9 Å². The Kier molecular flexibility index (Phi) is 7.32. The average Bonchev–Trinajstić information content (AvgIpc) is 3.03. The van der Waals surface area contributed by atoms with Crippen molar-refractivity contribution in [3.63, 3.8) is 0 Å². The van der Waals surface area contributed by atoms with Crippen LogP contribution in [0.2, 0.25) is 0 Å². The summed E-state index contributed by atoms with van der Waals surface area (Å²) >= 11 is 0. The lowest BCUT2D eigenvalue weighted by atomic mass is 9.91. The van der Waals surface area contributed by atoms with Crippen molar-refractivity contribution in [2.75, 3.05) is 13.2 Å². The van der Waals surface area contributed by atoms with Gasteiger partial charge >= 0.3 is 0 Å². The fourth-order valence-electron chi connectivity index (χ4n) is 3.39. The molecular formula is C21H32O2. The van der Waals surface area contributed by atoms with Crippen molar-refractivity contribution in [2.24, 2.45) is 11.8 Å². The van der Waals surface area contributed by atoms with Crippen molar-refractivity contribution in [3.8, 4) is 0 Å². The molecule has 1 aromatic carbocycles. The third-order valence-corrected chi connectivity index (χ3v) is 5.09. The normalized spacial score (nSPS) is 20.0. The van der Waals surface area contributed by atoms with E-state index in [1.807, 2.05) is 0 Å². The van der Waals surface area contributed by atoms with E-state index in [1.54, 1.807) is 0 Å². The molecule has 1 fully saturated rings. The zero-order valence-corrected chi connectivity index (χ0v) is 15.0. The van der Waals surface area contributed by atoms with Gasteiger partial charge < -0.3 is 9.47 Å². The third kappa shape index (κ3) is 5.47. The van der Waals surface area contributed by atoms with E-state index in [0.717, 1.165) is 32.5 Å². The van der Waals surface area contributed by atoms with Crippen molar-refractivity contribution in [1.29, 1.82) is 0 Å². The van der Waals surface area contributed by atoms with Crippen molar-refractivity contribution in [2.45, 2.75) is 58.7 Å². The number of aryl methyl sites for hydroxylation is 1. The van der Waals surface area contributed by atoms with Crippen LogP contribution in [0.15, 0.2) is 42.5 Å². The third-order valence-electron chi connectivity index (χ3n) is 5.09. The van der Waals surface area contributed by atoms with E-state index >= 15 is 0 Å². The van der Waals surface area contributed by atoms with Gasteiger partial charge in [-0.05, 0) is 50.5 Å². The van der Waals surface area contributed by atoms with Crippen LogP contribution >= 0.6 is 0 Å². The first kappa shape index (κ1) is 18.2. The van der Waals surface area contributed by atoms with Gasteiger partial charge in [0.05, 0.1) is 13.2 Å². The van der Waals surface area contributed by atoms with E-state index in [-0.39, 0.29) is 5.79 Å². The summed E-state index contributed by atoms with van der Waals surface area (Å²) < 4.78 is 11.7. The van der Waals surface area contributed by atoms with Gasteiger partial charge in [-0.25, -0.2) is 0 Å². The molecule has 0 bridgehead atoms. The summed E-state index contributed by atoms with van der Waals surface area (Å²) in [6, 6.07) is 10.8. The van der Waals surface area contributed by atoms with Crippen LogP contribution in [0.25, 0.3) is 0 Å². The highest BCUT2D eigenvalue weighted by molar-refractivity contribution is 5.14. The van der Waals surface area contributed by atoms with Crippen LogP contribution in [0.1, 0.15) is 52.0 Å². The lowest BCUT2D eigenvalue weighted by Gasteiger charge is -2.31. The van der Waals surface area contributed by atoms with Gasteiger partial charge in [-0.3, -0.25) is 0 Å². The summed E-state index contributed by atoms with van der Waals surface area (Å²) in [4.78, 5) is 0. The van der Waals surface area contributed by atoms with Crippen LogP contribution in [0.3, 0.4) is 0 Å². The molecule has 2 nitrogen and oxygen atoms in total. The Balaban J connectivity index is 1.81. The lowest BCUT2D eigenvalue weighted by Crippen LogP contribution is -2.35. The Bertz CT molecular complexity index is 460. The summed E-state index contributed by atoms with van der Waals surface area (Å²) in [6.45, 7) is 8.05. The van der Waals surface area contributed by atoms with E-state index in [0.29, 0.717) is 11.8 Å². The van der Waals surface area contributed by atoms with Crippen LogP contribution in [0.4, 0.5) is 0 Å². The molecular weight excluding hydrogens is 284 g/mol. The molecule has 1 heterocycles. The van der Waals surface area contributed by atoms with Crippen molar-refractivity contribution < 1.29 is 9.47 Å². The van der Waals surface area contributed by atoms with Gasteiger partial charge in [0.25, 0.3) is 0 Å². The number of allylic oxidation sites excluding steroid dienone is 2. The Hall–Kier alpha value is -1.12. The highest BCUT2D eigenvalue weighted by Gasteiger charge is 2.37. The lowest BCUT2D eigenvalue weighted by molar-refractivity contribution is -0.181.